The lowest BCUT2D eigenvalue weighted by Gasteiger charge is -2.07. The van der Waals surface area contributed by atoms with Crippen molar-refractivity contribution in [1.29, 1.82) is 0 Å². The summed E-state index contributed by atoms with van der Waals surface area (Å²) in [6, 6.07) is 19.6. The Morgan fingerprint density at radius 2 is 1.45 bits per heavy atom. The summed E-state index contributed by atoms with van der Waals surface area (Å²) in [4.78, 5) is 12.4. The Labute approximate surface area is 116 Å². The van der Waals surface area contributed by atoms with Crippen LogP contribution in [-0.4, -0.2) is 5.78 Å². The van der Waals surface area contributed by atoms with Gasteiger partial charge in [0.1, 0.15) is 5.82 Å². The lowest BCUT2D eigenvalue weighted by atomic mass is 9.97. The molecule has 0 N–H and O–H groups in total. The fraction of sp³-hybridized carbons (Fsp3) is 0.0556. The van der Waals surface area contributed by atoms with Crippen molar-refractivity contribution in [2.24, 2.45) is 0 Å². The second-order valence-corrected chi connectivity index (χ2v) is 4.73. The van der Waals surface area contributed by atoms with E-state index in [4.69, 9.17) is 0 Å². The van der Waals surface area contributed by atoms with Gasteiger partial charge in [0.15, 0.2) is 5.78 Å². The van der Waals surface area contributed by atoms with Crippen molar-refractivity contribution in [3.63, 3.8) is 0 Å². The summed E-state index contributed by atoms with van der Waals surface area (Å²) in [5.41, 5.74) is 1.54. The second kappa shape index (κ2) is 5.25. The predicted molar refractivity (Wildman–Crippen MR) is 78.4 cm³/mol. The normalized spacial score (nSPS) is 10.7. The van der Waals surface area contributed by atoms with E-state index in [9.17, 15) is 9.18 Å². The molecule has 98 valence electrons. The van der Waals surface area contributed by atoms with E-state index in [1.165, 1.54) is 6.07 Å². The van der Waals surface area contributed by atoms with Crippen molar-refractivity contribution < 1.29 is 9.18 Å². The third-order valence-corrected chi connectivity index (χ3v) is 3.38. The third-order valence-electron chi connectivity index (χ3n) is 3.38. The van der Waals surface area contributed by atoms with Gasteiger partial charge in [-0.05, 0) is 23.1 Å². The molecule has 0 unspecified atom stereocenters. The lowest BCUT2D eigenvalue weighted by Crippen LogP contribution is -2.04. The number of benzene rings is 3. The molecule has 0 amide bonds. The summed E-state index contributed by atoms with van der Waals surface area (Å²) in [5, 5.41) is 1.17. The van der Waals surface area contributed by atoms with Gasteiger partial charge in [-0.1, -0.05) is 54.6 Å². The molecule has 0 aliphatic rings. The minimum Gasteiger partial charge on any atom is -0.294 e. The van der Waals surface area contributed by atoms with Crippen LogP contribution in [0.2, 0.25) is 0 Å². The Morgan fingerprint density at radius 1 is 0.800 bits per heavy atom. The van der Waals surface area contributed by atoms with Gasteiger partial charge < -0.3 is 0 Å². The Kier molecular flexibility index (Phi) is 3.30. The Balaban J connectivity index is 2.02. The van der Waals surface area contributed by atoms with Crippen LogP contribution < -0.4 is 0 Å². The largest absolute Gasteiger partial charge is 0.294 e. The summed E-state index contributed by atoms with van der Waals surface area (Å²) in [7, 11) is 0. The first-order valence-corrected chi connectivity index (χ1v) is 6.50. The van der Waals surface area contributed by atoms with Gasteiger partial charge in [0.2, 0.25) is 0 Å². The zero-order valence-electron chi connectivity index (χ0n) is 10.8. The van der Waals surface area contributed by atoms with Crippen LogP contribution in [0.3, 0.4) is 0 Å². The van der Waals surface area contributed by atoms with E-state index in [0.717, 1.165) is 5.56 Å². The van der Waals surface area contributed by atoms with Crippen molar-refractivity contribution in [3.05, 3.63) is 83.7 Å². The number of rotatable bonds is 3. The van der Waals surface area contributed by atoms with Crippen molar-refractivity contribution in [2.75, 3.05) is 0 Å². The molecular formula is C18H13FO. The zero-order valence-corrected chi connectivity index (χ0v) is 10.8. The van der Waals surface area contributed by atoms with Gasteiger partial charge in [-0.3, -0.25) is 4.79 Å². The van der Waals surface area contributed by atoms with Crippen LogP contribution in [-0.2, 0) is 6.42 Å². The van der Waals surface area contributed by atoms with E-state index in [1.807, 2.05) is 36.4 Å². The second-order valence-electron chi connectivity index (χ2n) is 4.73. The number of ketones is 1. The molecule has 0 radical (unpaired) electrons. The fourth-order valence-electron chi connectivity index (χ4n) is 2.38. The van der Waals surface area contributed by atoms with Gasteiger partial charge in [0.25, 0.3) is 0 Å². The topological polar surface area (TPSA) is 17.1 Å². The standard InChI is InChI=1S/C18H13FO/c19-17-11-10-16(14-8-4-5-9-15(14)17)18(20)12-13-6-2-1-3-7-13/h1-11H,12H2. The number of halogens is 1. The molecule has 3 aromatic rings. The summed E-state index contributed by atoms with van der Waals surface area (Å²) < 4.78 is 13.7. The highest BCUT2D eigenvalue weighted by Crippen LogP contribution is 2.23. The molecule has 0 heterocycles. The average molecular weight is 264 g/mol. The number of fused-ring (bicyclic) bond motifs is 1. The van der Waals surface area contributed by atoms with Gasteiger partial charge in [0.05, 0.1) is 0 Å². The number of hydrogen-bond acceptors (Lipinski definition) is 1. The number of hydrogen-bond donors (Lipinski definition) is 0. The monoisotopic (exact) mass is 264 g/mol. The molecule has 20 heavy (non-hydrogen) atoms. The Hall–Kier alpha value is -2.48. The first-order valence-electron chi connectivity index (χ1n) is 6.50. The minimum absolute atomic E-state index is 0.00685. The van der Waals surface area contributed by atoms with E-state index in [0.29, 0.717) is 22.8 Å². The molecule has 0 aliphatic carbocycles. The summed E-state index contributed by atoms with van der Waals surface area (Å²) >= 11 is 0. The van der Waals surface area contributed by atoms with Crippen molar-refractivity contribution in [3.8, 4) is 0 Å². The molecule has 3 aromatic carbocycles. The first kappa shape index (κ1) is 12.5. The Bertz CT molecular complexity index is 763. The zero-order chi connectivity index (χ0) is 13.9. The summed E-state index contributed by atoms with van der Waals surface area (Å²) in [5.74, 6) is -0.288. The minimum atomic E-state index is -0.295. The molecule has 0 bridgehead atoms. The number of carbonyl (C=O) groups is 1. The van der Waals surface area contributed by atoms with E-state index in [-0.39, 0.29) is 11.6 Å². The van der Waals surface area contributed by atoms with Crippen LogP contribution in [0.4, 0.5) is 4.39 Å². The molecule has 1 nitrogen and oxygen atoms in total. The van der Waals surface area contributed by atoms with Crippen LogP contribution in [0.25, 0.3) is 10.8 Å². The smallest absolute Gasteiger partial charge is 0.167 e. The predicted octanol–water partition coefficient (Wildman–Crippen LogP) is 4.40. The van der Waals surface area contributed by atoms with Gasteiger partial charge >= 0.3 is 0 Å². The van der Waals surface area contributed by atoms with E-state index in [1.54, 1.807) is 24.3 Å². The molecule has 3 rings (SSSR count). The fourth-order valence-corrected chi connectivity index (χ4v) is 2.38. The maximum absolute atomic E-state index is 13.7. The molecule has 0 saturated heterocycles. The molecule has 2 heteroatoms. The van der Waals surface area contributed by atoms with Crippen LogP contribution in [0.5, 0.6) is 0 Å². The number of carbonyl (C=O) groups excluding carboxylic acids is 1. The average Bonchev–Trinajstić information content (AvgIpc) is 2.49. The summed E-state index contributed by atoms with van der Waals surface area (Å²) in [6.45, 7) is 0. The SMILES string of the molecule is O=C(Cc1ccccc1)c1ccc(F)c2ccccc12. The van der Waals surface area contributed by atoms with Gasteiger partial charge in [-0.2, -0.15) is 0 Å². The molecule has 0 fully saturated rings. The van der Waals surface area contributed by atoms with E-state index in [2.05, 4.69) is 0 Å². The van der Waals surface area contributed by atoms with Crippen LogP contribution in [0, 0.1) is 5.82 Å². The van der Waals surface area contributed by atoms with Crippen molar-refractivity contribution >= 4 is 16.6 Å². The third kappa shape index (κ3) is 2.32. The molecule has 0 spiro atoms. The van der Waals surface area contributed by atoms with Crippen molar-refractivity contribution in [1.82, 2.24) is 0 Å². The maximum Gasteiger partial charge on any atom is 0.167 e. The highest BCUT2D eigenvalue weighted by atomic mass is 19.1. The van der Waals surface area contributed by atoms with E-state index >= 15 is 0 Å². The van der Waals surface area contributed by atoms with Crippen LogP contribution in [0.1, 0.15) is 15.9 Å². The lowest BCUT2D eigenvalue weighted by molar-refractivity contribution is 0.0994. The van der Waals surface area contributed by atoms with Gasteiger partial charge in [-0.25, -0.2) is 4.39 Å². The van der Waals surface area contributed by atoms with Crippen LogP contribution in [0.15, 0.2) is 66.7 Å². The molecule has 0 atom stereocenters. The molecule has 0 aliphatic heterocycles. The molecular weight excluding hydrogens is 251 g/mol. The quantitative estimate of drug-likeness (QED) is 0.641. The molecule has 0 saturated carbocycles. The highest BCUT2D eigenvalue weighted by molar-refractivity contribution is 6.08. The maximum atomic E-state index is 13.7. The Morgan fingerprint density at radius 3 is 2.20 bits per heavy atom. The van der Waals surface area contributed by atoms with Gasteiger partial charge in [0, 0.05) is 17.4 Å². The highest BCUT2D eigenvalue weighted by Gasteiger charge is 2.12. The van der Waals surface area contributed by atoms with Gasteiger partial charge in [-0.15, -0.1) is 0 Å². The van der Waals surface area contributed by atoms with E-state index < -0.39 is 0 Å². The first-order chi connectivity index (χ1) is 9.75. The number of Topliss-reactive ketones (excluding diaryl/α,β-unsaturated/α-hetero) is 1. The van der Waals surface area contributed by atoms with Crippen molar-refractivity contribution in [2.45, 2.75) is 6.42 Å². The molecule has 0 aromatic heterocycles. The van der Waals surface area contributed by atoms with Crippen LogP contribution >= 0.6 is 0 Å². The summed E-state index contributed by atoms with van der Waals surface area (Å²) in [6.07, 6.45) is 0.330.